The molecule has 0 unspecified atom stereocenters. The lowest BCUT2D eigenvalue weighted by Crippen LogP contribution is -2.50. The Bertz CT molecular complexity index is 744. The summed E-state index contributed by atoms with van der Waals surface area (Å²) in [7, 11) is 0. The number of ether oxygens (including phenoxy) is 1. The fourth-order valence-corrected chi connectivity index (χ4v) is 3.00. The molecule has 0 N–H and O–H groups in total. The van der Waals surface area contributed by atoms with E-state index in [-0.39, 0.29) is 6.09 Å². The standard InChI is InChI=1S/C19H25N3O2/c1-14-13-17(15-7-5-6-8-16(15)20-14)21-9-11-22(12-10-21)18(23)24-19(2,3)4/h5-8,13H,9-12H2,1-4H3. The summed E-state index contributed by atoms with van der Waals surface area (Å²) >= 11 is 0. The minimum absolute atomic E-state index is 0.224. The van der Waals surface area contributed by atoms with E-state index in [1.54, 1.807) is 4.90 Å². The summed E-state index contributed by atoms with van der Waals surface area (Å²) in [5.74, 6) is 0. The van der Waals surface area contributed by atoms with Gasteiger partial charge in [-0.25, -0.2) is 4.79 Å². The number of fused-ring (bicyclic) bond motifs is 1. The Labute approximate surface area is 143 Å². The average Bonchev–Trinajstić information content (AvgIpc) is 2.52. The number of pyridine rings is 1. The van der Waals surface area contributed by atoms with Crippen molar-refractivity contribution in [2.24, 2.45) is 0 Å². The number of piperazine rings is 1. The maximum absolute atomic E-state index is 12.2. The Hall–Kier alpha value is -2.30. The first-order valence-electron chi connectivity index (χ1n) is 8.43. The van der Waals surface area contributed by atoms with Crippen molar-refractivity contribution in [3.05, 3.63) is 36.0 Å². The molecule has 1 aliphatic heterocycles. The maximum Gasteiger partial charge on any atom is 0.410 e. The lowest BCUT2D eigenvalue weighted by molar-refractivity contribution is 0.0240. The lowest BCUT2D eigenvalue weighted by atomic mass is 10.1. The van der Waals surface area contributed by atoms with Crippen LogP contribution in [0.15, 0.2) is 30.3 Å². The van der Waals surface area contributed by atoms with Crippen LogP contribution in [0.5, 0.6) is 0 Å². The number of nitrogens with zero attached hydrogens (tertiary/aromatic N) is 3. The molecule has 128 valence electrons. The van der Waals surface area contributed by atoms with Crippen LogP contribution in [0.3, 0.4) is 0 Å². The van der Waals surface area contributed by atoms with Gasteiger partial charge < -0.3 is 14.5 Å². The zero-order valence-electron chi connectivity index (χ0n) is 14.9. The van der Waals surface area contributed by atoms with Gasteiger partial charge in [0.25, 0.3) is 0 Å². The highest BCUT2D eigenvalue weighted by atomic mass is 16.6. The van der Waals surface area contributed by atoms with Crippen LogP contribution in [-0.2, 0) is 4.74 Å². The van der Waals surface area contributed by atoms with Gasteiger partial charge >= 0.3 is 6.09 Å². The molecule has 1 amide bonds. The summed E-state index contributed by atoms with van der Waals surface area (Å²) in [6, 6.07) is 10.3. The van der Waals surface area contributed by atoms with Gasteiger partial charge in [0.15, 0.2) is 0 Å². The fraction of sp³-hybridized carbons (Fsp3) is 0.474. The molecule has 3 rings (SSSR count). The molecule has 0 saturated carbocycles. The molecule has 0 atom stereocenters. The van der Waals surface area contributed by atoms with Gasteiger partial charge in [0.1, 0.15) is 5.60 Å². The molecule has 24 heavy (non-hydrogen) atoms. The number of amides is 1. The number of carbonyl (C=O) groups is 1. The second kappa shape index (κ2) is 6.30. The monoisotopic (exact) mass is 327 g/mol. The number of anilines is 1. The molecule has 2 heterocycles. The van der Waals surface area contributed by atoms with E-state index in [4.69, 9.17) is 4.74 Å². The Kier molecular flexibility index (Phi) is 4.35. The second-order valence-corrected chi connectivity index (χ2v) is 7.25. The third kappa shape index (κ3) is 3.61. The van der Waals surface area contributed by atoms with E-state index >= 15 is 0 Å². The molecular weight excluding hydrogens is 302 g/mol. The Morgan fingerprint density at radius 1 is 1.12 bits per heavy atom. The maximum atomic E-state index is 12.2. The van der Waals surface area contributed by atoms with Crippen molar-refractivity contribution in [2.45, 2.75) is 33.3 Å². The summed E-state index contributed by atoms with van der Waals surface area (Å²) < 4.78 is 5.47. The van der Waals surface area contributed by atoms with Gasteiger partial charge in [-0.15, -0.1) is 0 Å². The zero-order valence-corrected chi connectivity index (χ0v) is 14.9. The molecule has 5 nitrogen and oxygen atoms in total. The van der Waals surface area contributed by atoms with Crippen molar-refractivity contribution >= 4 is 22.7 Å². The van der Waals surface area contributed by atoms with Gasteiger partial charge in [0.05, 0.1) is 5.52 Å². The number of rotatable bonds is 1. The Morgan fingerprint density at radius 2 is 1.79 bits per heavy atom. The second-order valence-electron chi connectivity index (χ2n) is 7.25. The summed E-state index contributed by atoms with van der Waals surface area (Å²) in [5.41, 5.74) is 2.77. The van der Waals surface area contributed by atoms with Gasteiger partial charge in [-0.05, 0) is 39.8 Å². The molecule has 0 spiro atoms. The van der Waals surface area contributed by atoms with E-state index in [1.807, 2.05) is 45.9 Å². The van der Waals surface area contributed by atoms with E-state index in [1.165, 1.54) is 5.69 Å². The normalized spacial score (nSPS) is 15.7. The largest absolute Gasteiger partial charge is 0.444 e. The van der Waals surface area contributed by atoms with Crippen molar-refractivity contribution in [1.29, 1.82) is 0 Å². The summed E-state index contributed by atoms with van der Waals surface area (Å²) in [4.78, 5) is 20.9. The minimum Gasteiger partial charge on any atom is -0.444 e. The number of hydrogen-bond acceptors (Lipinski definition) is 4. The van der Waals surface area contributed by atoms with Crippen LogP contribution in [0.1, 0.15) is 26.5 Å². The van der Waals surface area contributed by atoms with Crippen LogP contribution in [0.25, 0.3) is 10.9 Å². The van der Waals surface area contributed by atoms with Crippen molar-refractivity contribution in [2.75, 3.05) is 31.1 Å². The summed E-state index contributed by atoms with van der Waals surface area (Å²) in [6.45, 7) is 10.6. The molecule has 0 radical (unpaired) electrons. The molecule has 0 bridgehead atoms. The van der Waals surface area contributed by atoms with Crippen molar-refractivity contribution < 1.29 is 9.53 Å². The SMILES string of the molecule is Cc1cc(N2CCN(C(=O)OC(C)(C)C)CC2)c2ccccc2n1. The van der Waals surface area contributed by atoms with Crippen LogP contribution in [0.4, 0.5) is 10.5 Å². The third-order valence-electron chi connectivity index (χ3n) is 4.09. The molecule has 5 heteroatoms. The molecular formula is C19H25N3O2. The number of aromatic nitrogens is 1. The number of carbonyl (C=O) groups excluding carboxylic acids is 1. The number of aryl methyl sites for hydroxylation is 1. The highest BCUT2D eigenvalue weighted by Gasteiger charge is 2.26. The van der Waals surface area contributed by atoms with Crippen LogP contribution in [0, 0.1) is 6.92 Å². The van der Waals surface area contributed by atoms with E-state index in [0.29, 0.717) is 13.1 Å². The molecule has 1 saturated heterocycles. The van der Waals surface area contributed by atoms with Gasteiger partial charge in [-0.2, -0.15) is 0 Å². The zero-order chi connectivity index (χ0) is 17.3. The van der Waals surface area contributed by atoms with Gasteiger partial charge in [-0.1, -0.05) is 18.2 Å². The number of benzene rings is 1. The fourth-order valence-electron chi connectivity index (χ4n) is 3.00. The molecule has 1 aliphatic rings. The topological polar surface area (TPSA) is 45.7 Å². The quantitative estimate of drug-likeness (QED) is 0.803. The summed E-state index contributed by atoms with van der Waals surface area (Å²) in [5, 5.41) is 1.16. The van der Waals surface area contributed by atoms with Crippen LogP contribution in [0.2, 0.25) is 0 Å². The first-order valence-corrected chi connectivity index (χ1v) is 8.43. The minimum atomic E-state index is -0.452. The smallest absolute Gasteiger partial charge is 0.410 e. The predicted octanol–water partition coefficient (Wildman–Crippen LogP) is 3.60. The van der Waals surface area contributed by atoms with Crippen LogP contribution >= 0.6 is 0 Å². The molecule has 2 aromatic rings. The van der Waals surface area contributed by atoms with Gasteiger partial charge in [0, 0.05) is 42.9 Å². The molecule has 1 aromatic heterocycles. The Balaban J connectivity index is 1.75. The van der Waals surface area contributed by atoms with Gasteiger partial charge in [0.2, 0.25) is 0 Å². The lowest BCUT2D eigenvalue weighted by Gasteiger charge is -2.37. The van der Waals surface area contributed by atoms with Crippen molar-refractivity contribution in [1.82, 2.24) is 9.88 Å². The highest BCUT2D eigenvalue weighted by Crippen LogP contribution is 2.27. The Morgan fingerprint density at radius 3 is 2.46 bits per heavy atom. The van der Waals surface area contributed by atoms with Crippen molar-refractivity contribution in [3.8, 4) is 0 Å². The van der Waals surface area contributed by atoms with E-state index in [2.05, 4.69) is 22.0 Å². The summed E-state index contributed by atoms with van der Waals surface area (Å²) in [6.07, 6.45) is -0.224. The number of para-hydroxylation sites is 1. The van der Waals surface area contributed by atoms with E-state index in [0.717, 1.165) is 29.7 Å². The van der Waals surface area contributed by atoms with E-state index in [9.17, 15) is 4.79 Å². The van der Waals surface area contributed by atoms with E-state index < -0.39 is 5.60 Å². The average molecular weight is 327 g/mol. The number of hydrogen-bond donors (Lipinski definition) is 0. The van der Waals surface area contributed by atoms with Crippen LogP contribution in [-0.4, -0.2) is 47.8 Å². The predicted molar refractivity (Wildman–Crippen MR) is 96.5 cm³/mol. The highest BCUT2D eigenvalue weighted by molar-refractivity contribution is 5.92. The molecule has 1 aromatic carbocycles. The molecule has 0 aliphatic carbocycles. The van der Waals surface area contributed by atoms with Crippen molar-refractivity contribution in [3.63, 3.8) is 0 Å². The van der Waals surface area contributed by atoms with Gasteiger partial charge in [-0.3, -0.25) is 4.98 Å². The third-order valence-corrected chi connectivity index (χ3v) is 4.09. The van der Waals surface area contributed by atoms with Crippen LogP contribution < -0.4 is 4.90 Å². The molecule has 1 fully saturated rings. The first kappa shape index (κ1) is 16.6. The first-order chi connectivity index (χ1) is 11.3.